The van der Waals surface area contributed by atoms with Gasteiger partial charge >= 0.3 is 0 Å². The van der Waals surface area contributed by atoms with Crippen LogP contribution in [0.15, 0.2) is 18.2 Å². The van der Waals surface area contributed by atoms with Crippen LogP contribution in [-0.4, -0.2) is 0 Å². The lowest BCUT2D eigenvalue weighted by Crippen LogP contribution is -2.17. The molecule has 0 heterocycles. The van der Waals surface area contributed by atoms with Crippen molar-refractivity contribution in [2.75, 3.05) is 5.73 Å². The molecular formula is C17H21N. The minimum atomic E-state index is 0.861. The van der Waals surface area contributed by atoms with Crippen LogP contribution in [0.3, 0.4) is 0 Å². The molecule has 0 saturated heterocycles. The maximum atomic E-state index is 6.09. The number of aryl methyl sites for hydroxylation is 2. The summed E-state index contributed by atoms with van der Waals surface area (Å²) in [6, 6.07) is 6.47. The van der Waals surface area contributed by atoms with Gasteiger partial charge in [-0.3, -0.25) is 0 Å². The number of hydrogen-bond donors (Lipinski definition) is 1. The molecule has 94 valence electrons. The minimum absolute atomic E-state index is 0.861. The van der Waals surface area contributed by atoms with Crippen molar-refractivity contribution in [3.05, 3.63) is 39.8 Å². The summed E-state index contributed by atoms with van der Waals surface area (Å²) in [6.45, 7) is 8.54. The number of nitrogen functional groups attached to an aromatic ring is 1. The molecule has 0 bridgehead atoms. The first kappa shape index (κ1) is 12.7. The van der Waals surface area contributed by atoms with E-state index in [9.17, 15) is 0 Å². The van der Waals surface area contributed by atoms with Crippen molar-refractivity contribution >= 4 is 28.6 Å². The predicted octanol–water partition coefficient (Wildman–Crippen LogP) is 2.89. The van der Waals surface area contributed by atoms with E-state index in [1.165, 1.54) is 27.1 Å². The van der Waals surface area contributed by atoms with E-state index in [4.69, 9.17) is 5.73 Å². The van der Waals surface area contributed by atoms with Gasteiger partial charge in [-0.2, -0.15) is 0 Å². The highest BCUT2D eigenvalue weighted by Gasteiger charge is 2.06. The molecule has 0 aliphatic rings. The zero-order chi connectivity index (χ0) is 13.3. The Morgan fingerprint density at radius 2 is 1.78 bits per heavy atom. The third kappa shape index (κ3) is 1.80. The summed E-state index contributed by atoms with van der Waals surface area (Å²) < 4.78 is 0. The second-order valence-electron chi connectivity index (χ2n) is 4.69. The highest BCUT2D eigenvalue weighted by atomic mass is 14.5. The fraction of sp³-hybridized carbons (Fsp3) is 0.294. The molecule has 0 unspecified atom stereocenters. The van der Waals surface area contributed by atoms with Crippen molar-refractivity contribution < 1.29 is 0 Å². The molecule has 0 aromatic heterocycles. The van der Waals surface area contributed by atoms with Crippen LogP contribution >= 0.6 is 0 Å². The average Bonchev–Trinajstić information content (AvgIpc) is 2.38. The van der Waals surface area contributed by atoms with E-state index >= 15 is 0 Å². The number of hydrogen-bond acceptors (Lipinski definition) is 1. The molecule has 0 aliphatic carbocycles. The van der Waals surface area contributed by atoms with Crippen LogP contribution < -0.4 is 16.2 Å². The molecule has 2 aromatic rings. The van der Waals surface area contributed by atoms with Gasteiger partial charge in [0.15, 0.2) is 0 Å². The first-order chi connectivity index (χ1) is 8.63. The monoisotopic (exact) mass is 239 g/mol. The van der Waals surface area contributed by atoms with E-state index in [0.29, 0.717) is 0 Å². The molecule has 1 heteroatoms. The SMILES string of the molecule is C/C=c1\c(CC)cc(C)c2/c(=C\C)c(N)ccc12. The topological polar surface area (TPSA) is 26.0 Å². The zero-order valence-corrected chi connectivity index (χ0v) is 11.7. The van der Waals surface area contributed by atoms with Crippen LogP contribution in [0, 0.1) is 6.92 Å². The Bertz CT molecular complexity index is 709. The Hall–Kier alpha value is -1.76. The fourth-order valence-corrected chi connectivity index (χ4v) is 2.81. The van der Waals surface area contributed by atoms with Crippen molar-refractivity contribution in [1.29, 1.82) is 0 Å². The lowest BCUT2D eigenvalue weighted by molar-refractivity contribution is 1.12. The van der Waals surface area contributed by atoms with Crippen LogP contribution in [0.4, 0.5) is 5.69 Å². The number of fused-ring (bicyclic) bond motifs is 1. The van der Waals surface area contributed by atoms with E-state index < -0.39 is 0 Å². The van der Waals surface area contributed by atoms with E-state index in [1.807, 2.05) is 13.0 Å². The molecule has 18 heavy (non-hydrogen) atoms. The molecule has 2 N–H and O–H groups in total. The van der Waals surface area contributed by atoms with Crippen molar-refractivity contribution in [3.8, 4) is 0 Å². The molecule has 2 aromatic carbocycles. The highest BCUT2D eigenvalue weighted by Crippen LogP contribution is 2.15. The van der Waals surface area contributed by atoms with Crippen molar-refractivity contribution in [1.82, 2.24) is 0 Å². The molecule has 0 spiro atoms. The van der Waals surface area contributed by atoms with Crippen LogP contribution in [0.1, 0.15) is 31.9 Å². The molecule has 0 amide bonds. The summed E-state index contributed by atoms with van der Waals surface area (Å²) >= 11 is 0. The maximum Gasteiger partial charge on any atom is 0.0390 e. The third-order valence-electron chi connectivity index (χ3n) is 3.66. The van der Waals surface area contributed by atoms with Gasteiger partial charge in [-0.05, 0) is 60.4 Å². The first-order valence-corrected chi connectivity index (χ1v) is 6.57. The summed E-state index contributed by atoms with van der Waals surface area (Å²) in [6.07, 6.45) is 5.37. The van der Waals surface area contributed by atoms with Gasteiger partial charge in [0, 0.05) is 10.9 Å². The van der Waals surface area contributed by atoms with Crippen molar-refractivity contribution in [2.24, 2.45) is 0 Å². The van der Waals surface area contributed by atoms with E-state index in [1.54, 1.807) is 0 Å². The van der Waals surface area contributed by atoms with E-state index in [-0.39, 0.29) is 0 Å². The molecule has 0 fully saturated rings. The second-order valence-corrected chi connectivity index (χ2v) is 4.69. The summed E-state index contributed by atoms with van der Waals surface area (Å²) in [4.78, 5) is 0. The van der Waals surface area contributed by atoms with Crippen molar-refractivity contribution in [2.45, 2.75) is 34.1 Å². The smallest absolute Gasteiger partial charge is 0.0390 e. The van der Waals surface area contributed by atoms with Gasteiger partial charge in [0.05, 0.1) is 0 Å². The van der Waals surface area contributed by atoms with Gasteiger partial charge in [0.2, 0.25) is 0 Å². The minimum Gasteiger partial charge on any atom is -0.398 e. The van der Waals surface area contributed by atoms with Gasteiger partial charge in [0.1, 0.15) is 0 Å². The average molecular weight is 239 g/mol. The highest BCUT2D eigenvalue weighted by molar-refractivity contribution is 5.91. The van der Waals surface area contributed by atoms with Gasteiger partial charge in [0.25, 0.3) is 0 Å². The lowest BCUT2D eigenvalue weighted by atomic mass is 9.95. The summed E-state index contributed by atoms with van der Waals surface area (Å²) in [5, 5.41) is 5.12. The Morgan fingerprint density at radius 3 is 2.33 bits per heavy atom. The number of benzene rings is 2. The van der Waals surface area contributed by atoms with Crippen LogP contribution in [-0.2, 0) is 6.42 Å². The molecule has 0 aliphatic heterocycles. The predicted molar refractivity (Wildman–Crippen MR) is 82.0 cm³/mol. The molecule has 0 radical (unpaired) electrons. The van der Waals surface area contributed by atoms with E-state index in [0.717, 1.165) is 17.3 Å². The van der Waals surface area contributed by atoms with Gasteiger partial charge < -0.3 is 5.73 Å². The maximum absolute atomic E-state index is 6.09. The second kappa shape index (κ2) is 4.85. The third-order valence-corrected chi connectivity index (χ3v) is 3.66. The largest absolute Gasteiger partial charge is 0.398 e. The normalized spacial score (nSPS) is 13.6. The standard InChI is InChI=1S/C17H21N/c1-5-12-10-11(4)17-14(7-3)16(18)9-8-15(17)13(12)6-2/h6-10H,5,18H2,1-4H3/b13-6+,14-7-. The summed E-state index contributed by atoms with van der Waals surface area (Å²) in [5.74, 6) is 0. The Balaban J connectivity index is 3.15. The van der Waals surface area contributed by atoms with Crippen LogP contribution in [0.25, 0.3) is 22.9 Å². The summed E-state index contributed by atoms with van der Waals surface area (Å²) in [7, 11) is 0. The molecule has 0 saturated carbocycles. The Labute approximate surface area is 109 Å². The van der Waals surface area contributed by atoms with Crippen LogP contribution in [0.5, 0.6) is 0 Å². The van der Waals surface area contributed by atoms with Crippen LogP contribution in [0.2, 0.25) is 0 Å². The van der Waals surface area contributed by atoms with Gasteiger partial charge in [-0.1, -0.05) is 31.2 Å². The quantitative estimate of drug-likeness (QED) is 0.761. The summed E-state index contributed by atoms with van der Waals surface area (Å²) in [5.41, 5.74) is 9.67. The Kier molecular flexibility index (Phi) is 3.42. The zero-order valence-electron chi connectivity index (χ0n) is 11.7. The number of rotatable bonds is 1. The number of anilines is 1. The fourth-order valence-electron chi connectivity index (χ4n) is 2.81. The molecule has 0 atom stereocenters. The molecule has 2 rings (SSSR count). The van der Waals surface area contributed by atoms with Gasteiger partial charge in [-0.15, -0.1) is 0 Å². The lowest BCUT2D eigenvalue weighted by Gasteiger charge is -2.10. The number of nitrogens with two attached hydrogens (primary N) is 1. The molecule has 1 nitrogen and oxygen atoms in total. The van der Waals surface area contributed by atoms with Gasteiger partial charge in [-0.25, -0.2) is 0 Å². The Morgan fingerprint density at radius 1 is 1.11 bits per heavy atom. The van der Waals surface area contributed by atoms with Crippen molar-refractivity contribution in [3.63, 3.8) is 0 Å². The van der Waals surface area contributed by atoms with E-state index in [2.05, 4.69) is 45.1 Å². The first-order valence-electron chi connectivity index (χ1n) is 6.57. The molecular weight excluding hydrogens is 218 g/mol.